The van der Waals surface area contributed by atoms with Crippen molar-refractivity contribution < 1.29 is 8.95 Å². The first-order valence-corrected chi connectivity index (χ1v) is 11.7. The van der Waals surface area contributed by atoms with E-state index >= 15 is 0 Å². The van der Waals surface area contributed by atoms with E-state index in [2.05, 4.69) is 33.8 Å². The molecule has 0 bridgehead atoms. The third kappa shape index (κ3) is 5.35. The number of hydrogen-bond acceptors (Lipinski definition) is 3. The Hall–Kier alpha value is -1.61. The zero-order valence-electron chi connectivity index (χ0n) is 17.3. The standard InChI is InChI=1S/C23H29N3O2S.HI/c1-24-22(25-15-16-29(27)18-9-3-2-4-10-18)26-20-17-23(13-7-8-14-23)28-21-12-6-5-11-19(20)21;/h2-6,9-12,20H,7-8,13-17H2,1H3,(H2,24,25,26);1H. The van der Waals surface area contributed by atoms with E-state index < -0.39 is 10.8 Å². The maximum Gasteiger partial charge on any atom is 0.191 e. The zero-order chi connectivity index (χ0) is 20.1. The minimum Gasteiger partial charge on any atom is -0.487 e. The number of para-hydroxylation sites is 1. The number of hydrogen-bond donors (Lipinski definition) is 2. The molecule has 4 rings (SSSR count). The first-order chi connectivity index (χ1) is 14.2. The first-order valence-electron chi connectivity index (χ1n) is 10.4. The number of ether oxygens (including phenoxy) is 1. The van der Waals surface area contributed by atoms with E-state index in [4.69, 9.17) is 4.74 Å². The molecule has 1 saturated carbocycles. The molecule has 2 aromatic carbocycles. The molecule has 2 unspecified atom stereocenters. The average molecular weight is 539 g/mol. The van der Waals surface area contributed by atoms with Crippen molar-refractivity contribution in [1.29, 1.82) is 0 Å². The van der Waals surface area contributed by atoms with Crippen LogP contribution in [-0.4, -0.2) is 35.1 Å². The van der Waals surface area contributed by atoms with Crippen LogP contribution in [0.2, 0.25) is 0 Å². The van der Waals surface area contributed by atoms with Crippen LogP contribution in [0.3, 0.4) is 0 Å². The average Bonchev–Trinajstić information content (AvgIpc) is 3.20. The summed E-state index contributed by atoms with van der Waals surface area (Å²) in [5.74, 6) is 2.27. The van der Waals surface area contributed by atoms with Crippen molar-refractivity contribution in [2.45, 2.75) is 48.6 Å². The van der Waals surface area contributed by atoms with Gasteiger partial charge in [0.15, 0.2) is 5.96 Å². The highest BCUT2D eigenvalue weighted by atomic mass is 127. The molecule has 0 aromatic heterocycles. The van der Waals surface area contributed by atoms with Crippen LogP contribution in [0.4, 0.5) is 0 Å². The molecular weight excluding hydrogens is 509 g/mol. The van der Waals surface area contributed by atoms with Crippen LogP contribution in [0, 0.1) is 0 Å². The molecule has 1 aliphatic heterocycles. The highest BCUT2D eigenvalue weighted by Gasteiger charge is 2.43. The molecule has 1 aliphatic carbocycles. The van der Waals surface area contributed by atoms with Gasteiger partial charge in [0.1, 0.15) is 11.4 Å². The van der Waals surface area contributed by atoms with Crippen molar-refractivity contribution >= 4 is 40.7 Å². The van der Waals surface area contributed by atoms with Gasteiger partial charge < -0.3 is 15.4 Å². The van der Waals surface area contributed by atoms with Crippen molar-refractivity contribution in [3.8, 4) is 5.75 Å². The third-order valence-electron chi connectivity index (χ3n) is 5.83. The van der Waals surface area contributed by atoms with Crippen LogP contribution < -0.4 is 15.4 Å². The largest absolute Gasteiger partial charge is 0.487 e. The number of benzene rings is 2. The Morgan fingerprint density at radius 2 is 1.83 bits per heavy atom. The zero-order valence-corrected chi connectivity index (χ0v) is 20.5. The summed E-state index contributed by atoms with van der Waals surface area (Å²) in [5.41, 5.74) is 1.13. The summed E-state index contributed by atoms with van der Waals surface area (Å²) in [6.07, 6.45) is 5.63. The number of halogens is 1. The summed E-state index contributed by atoms with van der Waals surface area (Å²) in [6, 6.07) is 18.0. The lowest BCUT2D eigenvalue weighted by Crippen LogP contribution is -2.47. The fraction of sp³-hybridized carbons (Fsp3) is 0.435. The summed E-state index contributed by atoms with van der Waals surface area (Å²) in [5, 5.41) is 6.92. The Morgan fingerprint density at radius 3 is 2.57 bits per heavy atom. The number of guanidine groups is 1. The Bertz CT molecular complexity index is 885. The number of nitrogens with one attached hydrogen (secondary N) is 2. The topological polar surface area (TPSA) is 62.7 Å². The fourth-order valence-corrected chi connectivity index (χ4v) is 5.37. The molecule has 5 nitrogen and oxygen atoms in total. The summed E-state index contributed by atoms with van der Waals surface area (Å²) < 4.78 is 18.9. The Labute approximate surface area is 198 Å². The van der Waals surface area contributed by atoms with Gasteiger partial charge in [-0.2, -0.15) is 0 Å². The first kappa shape index (κ1) is 23.1. The summed E-state index contributed by atoms with van der Waals surface area (Å²) in [7, 11) is 0.761. The summed E-state index contributed by atoms with van der Waals surface area (Å²) in [4.78, 5) is 5.25. The molecule has 2 atom stereocenters. The second-order valence-corrected chi connectivity index (χ2v) is 9.36. The van der Waals surface area contributed by atoms with Crippen molar-refractivity contribution in [3.05, 3.63) is 60.2 Å². The van der Waals surface area contributed by atoms with Gasteiger partial charge in [0.2, 0.25) is 0 Å². The molecule has 1 spiro atoms. The quantitative estimate of drug-likeness (QED) is 0.336. The monoisotopic (exact) mass is 539 g/mol. The van der Waals surface area contributed by atoms with Gasteiger partial charge >= 0.3 is 0 Å². The van der Waals surface area contributed by atoms with Crippen LogP contribution in [0.5, 0.6) is 5.75 Å². The van der Waals surface area contributed by atoms with Gasteiger partial charge in [0, 0.05) is 36.2 Å². The minimum atomic E-state index is -1.02. The molecule has 0 radical (unpaired) electrons. The van der Waals surface area contributed by atoms with Gasteiger partial charge in [-0.15, -0.1) is 24.0 Å². The Kier molecular flexibility index (Phi) is 8.16. The van der Waals surface area contributed by atoms with E-state index in [9.17, 15) is 4.21 Å². The normalized spacial score (nSPS) is 20.6. The van der Waals surface area contributed by atoms with Crippen molar-refractivity contribution in [2.24, 2.45) is 4.99 Å². The molecule has 2 aliphatic rings. The second kappa shape index (κ2) is 10.6. The highest BCUT2D eigenvalue weighted by Crippen LogP contribution is 2.46. The van der Waals surface area contributed by atoms with Gasteiger partial charge in [-0.25, -0.2) is 0 Å². The van der Waals surface area contributed by atoms with Crippen LogP contribution in [0.25, 0.3) is 0 Å². The maximum atomic E-state index is 12.4. The van der Waals surface area contributed by atoms with Crippen molar-refractivity contribution in [1.82, 2.24) is 10.6 Å². The molecule has 1 fully saturated rings. The van der Waals surface area contributed by atoms with E-state index in [1.807, 2.05) is 36.4 Å². The van der Waals surface area contributed by atoms with Crippen LogP contribution in [0.15, 0.2) is 64.5 Å². The molecule has 2 N–H and O–H groups in total. The molecule has 1 heterocycles. The van der Waals surface area contributed by atoms with Gasteiger partial charge in [0.25, 0.3) is 0 Å². The van der Waals surface area contributed by atoms with Crippen LogP contribution >= 0.6 is 24.0 Å². The lowest BCUT2D eigenvalue weighted by molar-refractivity contribution is 0.0396. The van der Waals surface area contributed by atoms with Crippen LogP contribution in [0.1, 0.15) is 43.7 Å². The Morgan fingerprint density at radius 1 is 1.13 bits per heavy atom. The number of nitrogens with zero attached hydrogens (tertiary/aromatic N) is 1. The van der Waals surface area contributed by atoms with Crippen molar-refractivity contribution in [3.63, 3.8) is 0 Å². The number of aliphatic imine (C=N–C) groups is 1. The van der Waals surface area contributed by atoms with Gasteiger partial charge in [0.05, 0.1) is 16.8 Å². The second-order valence-electron chi connectivity index (χ2n) is 7.79. The summed E-state index contributed by atoms with van der Waals surface area (Å²) >= 11 is 0. The van der Waals surface area contributed by atoms with E-state index in [0.717, 1.165) is 35.9 Å². The third-order valence-corrected chi connectivity index (χ3v) is 7.21. The number of fused-ring (bicyclic) bond motifs is 1. The van der Waals surface area contributed by atoms with Gasteiger partial charge in [-0.1, -0.05) is 36.4 Å². The molecule has 7 heteroatoms. The molecule has 0 amide bonds. The number of rotatable bonds is 5. The summed E-state index contributed by atoms with van der Waals surface area (Å²) in [6.45, 7) is 0.594. The fourth-order valence-electron chi connectivity index (χ4n) is 4.38. The molecule has 2 aromatic rings. The minimum absolute atomic E-state index is 0. The Balaban J connectivity index is 0.00000256. The van der Waals surface area contributed by atoms with Gasteiger partial charge in [-0.3, -0.25) is 9.20 Å². The lowest BCUT2D eigenvalue weighted by atomic mass is 9.86. The van der Waals surface area contributed by atoms with E-state index in [-0.39, 0.29) is 35.6 Å². The smallest absolute Gasteiger partial charge is 0.191 e. The van der Waals surface area contributed by atoms with Gasteiger partial charge in [-0.05, 0) is 43.9 Å². The van der Waals surface area contributed by atoms with E-state index in [1.165, 1.54) is 18.4 Å². The maximum absolute atomic E-state index is 12.4. The highest BCUT2D eigenvalue weighted by molar-refractivity contribution is 14.0. The molecule has 162 valence electrons. The van der Waals surface area contributed by atoms with Crippen LogP contribution in [-0.2, 0) is 10.8 Å². The SMILES string of the molecule is CN=C(NCCS(=O)c1ccccc1)NC1CC2(CCCC2)Oc2ccccc21.I. The molecular formula is C23H30IN3O2S. The molecule has 30 heavy (non-hydrogen) atoms. The van der Waals surface area contributed by atoms with Crippen molar-refractivity contribution in [2.75, 3.05) is 19.3 Å². The predicted molar refractivity (Wildman–Crippen MR) is 133 cm³/mol. The molecule has 0 saturated heterocycles. The van der Waals surface area contributed by atoms with E-state index in [1.54, 1.807) is 7.05 Å². The van der Waals surface area contributed by atoms with E-state index in [0.29, 0.717) is 12.3 Å². The predicted octanol–water partition coefficient (Wildman–Crippen LogP) is 4.41. The lowest BCUT2D eigenvalue weighted by Gasteiger charge is -2.40.